The van der Waals surface area contributed by atoms with Crippen LogP contribution >= 0.6 is 46.6 Å². The maximum absolute atomic E-state index is 5.27. The Morgan fingerprint density at radius 2 is 2.00 bits per heavy atom. The number of rotatable bonds is 4. The molecule has 0 radical (unpaired) electrons. The normalized spacial score (nSPS) is 11.1. The first-order valence-corrected chi connectivity index (χ1v) is 8.29. The monoisotopic (exact) mass is 394 g/mol. The van der Waals surface area contributed by atoms with Crippen molar-refractivity contribution in [2.75, 3.05) is 17.6 Å². The van der Waals surface area contributed by atoms with Gasteiger partial charge in [-0.2, -0.15) is 11.8 Å². The number of thiocarbonyl (C=S) groups is 1. The molecule has 0 aromatic heterocycles. The summed E-state index contributed by atoms with van der Waals surface area (Å²) in [5.41, 5.74) is 1.05. The molecule has 0 bridgehead atoms. The number of halogens is 1. The van der Waals surface area contributed by atoms with Crippen molar-refractivity contribution in [2.45, 2.75) is 25.5 Å². The van der Waals surface area contributed by atoms with Crippen LogP contribution in [0, 0.1) is 3.57 Å². The zero-order valence-corrected chi connectivity index (χ0v) is 14.7. The minimum absolute atomic E-state index is 0.311. The van der Waals surface area contributed by atoms with Crippen LogP contribution in [0.25, 0.3) is 0 Å². The Bertz CT molecular complexity index is 402. The highest BCUT2D eigenvalue weighted by molar-refractivity contribution is 14.1. The molecule has 0 amide bonds. The molecule has 0 unspecified atom stereocenters. The minimum Gasteiger partial charge on any atom is -0.362 e. The Morgan fingerprint density at radius 3 is 2.61 bits per heavy atom. The Labute approximate surface area is 133 Å². The summed E-state index contributed by atoms with van der Waals surface area (Å²) < 4.78 is 1.48. The topological polar surface area (TPSA) is 24.1 Å². The summed E-state index contributed by atoms with van der Waals surface area (Å²) in [6.45, 7) is 7.55. The van der Waals surface area contributed by atoms with Crippen LogP contribution in [0.4, 0.5) is 5.69 Å². The van der Waals surface area contributed by atoms with Gasteiger partial charge in [-0.3, -0.25) is 0 Å². The second-order valence-corrected chi connectivity index (χ2v) is 8.31. The van der Waals surface area contributed by atoms with Gasteiger partial charge in [0.15, 0.2) is 5.11 Å². The number of nitrogens with one attached hydrogen (secondary N) is 2. The molecular formula is C13H19IN2S2. The summed E-state index contributed by atoms with van der Waals surface area (Å²) in [4.78, 5) is 0. The van der Waals surface area contributed by atoms with Gasteiger partial charge in [-0.15, -0.1) is 0 Å². The predicted molar refractivity (Wildman–Crippen MR) is 95.6 cm³/mol. The Balaban J connectivity index is 2.29. The molecule has 0 saturated carbocycles. The number of benzene rings is 1. The van der Waals surface area contributed by atoms with Gasteiger partial charge in [-0.25, -0.2) is 0 Å². The van der Waals surface area contributed by atoms with E-state index in [2.05, 4.69) is 60.1 Å². The number of anilines is 1. The Kier molecular flexibility index (Phi) is 6.73. The van der Waals surface area contributed by atoms with Crippen molar-refractivity contribution in [3.63, 3.8) is 0 Å². The van der Waals surface area contributed by atoms with Crippen molar-refractivity contribution >= 4 is 57.4 Å². The second kappa shape index (κ2) is 7.55. The first-order chi connectivity index (χ1) is 8.38. The molecule has 0 aliphatic heterocycles. The molecule has 2 N–H and O–H groups in total. The molecule has 0 atom stereocenters. The predicted octanol–water partition coefficient (Wildman–Crippen LogP) is 4.11. The highest BCUT2D eigenvalue weighted by Crippen LogP contribution is 2.22. The lowest BCUT2D eigenvalue weighted by Crippen LogP contribution is -2.31. The zero-order valence-electron chi connectivity index (χ0n) is 10.9. The van der Waals surface area contributed by atoms with Gasteiger partial charge >= 0.3 is 0 Å². The van der Waals surface area contributed by atoms with Crippen molar-refractivity contribution in [3.05, 3.63) is 27.8 Å². The van der Waals surface area contributed by atoms with Crippen LogP contribution in [-0.4, -0.2) is 22.2 Å². The van der Waals surface area contributed by atoms with Crippen molar-refractivity contribution < 1.29 is 0 Å². The quantitative estimate of drug-likeness (QED) is 0.456. The van der Waals surface area contributed by atoms with E-state index in [0.29, 0.717) is 9.86 Å². The average Bonchev–Trinajstić information content (AvgIpc) is 2.26. The number of hydrogen-bond donors (Lipinski definition) is 2. The van der Waals surface area contributed by atoms with Crippen molar-refractivity contribution in [1.82, 2.24) is 5.32 Å². The largest absolute Gasteiger partial charge is 0.362 e. The third-order valence-electron chi connectivity index (χ3n) is 2.04. The minimum atomic E-state index is 0.311. The fourth-order valence-electron chi connectivity index (χ4n) is 1.25. The van der Waals surface area contributed by atoms with Gasteiger partial charge in [0.05, 0.1) is 5.69 Å². The molecule has 0 fully saturated rings. The van der Waals surface area contributed by atoms with E-state index in [0.717, 1.165) is 18.0 Å². The van der Waals surface area contributed by atoms with E-state index in [-0.39, 0.29) is 0 Å². The summed E-state index contributed by atoms with van der Waals surface area (Å²) in [5, 5.41) is 7.13. The van der Waals surface area contributed by atoms with Crippen molar-refractivity contribution in [2.24, 2.45) is 0 Å². The first kappa shape index (κ1) is 16.0. The smallest absolute Gasteiger partial charge is 0.170 e. The molecular weight excluding hydrogens is 375 g/mol. The van der Waals surface area contributed by atoms with E-state index in [1.807, 2.05) is 30.0 Å². The molecule has 2 nitrogen and oxygen atoms in total. The second-order valence-electron chi connectivity index (χ2n) is 4.82. The van der Waals surface area contributed by atoms with Crippen LogP contribution in [0.15, 0.2) is 24.3 Å². The number of thioether (sulfide) groups is 1. The van der Waals surface area contributed by atoms with Crippen LogP contribution in [0.3, 0.4) is 0 Å². The molecule has 0 spiro atoms. The summed E-state index contributed by atoms with van der Waals surface area (Å²) in [5.74, 6) is 1.05. The number of para-hydroxylation sites is 1. The summed E-state index contributed by atoms with van der Waals surface area (Å²) >= 11 is 9.50. The molecule has 0 heterocycles. The molecule has 1 rings (SSSR count). The van der Waals surface area contributed by atoms with E-state index in [1.165, 1.54) is 3.57 Å². The van der Waals surface area contributed by atoms with E-state index in [1.54, 1.807) is 0 Å². The molecule has 1 aromatic rings. The summed E-state index contributed by atoms with van der Waals surface area (Å²) in [7, 11) is 0. The highest BCUT2D eigenvalue weighted by atomic mass is 127. The van der Waals surface area contributed by atoms with E-state index in [4.69, 9.17) is 12.2 Å². The summed E-state index contributed by atoms with van der Waals surface area (Å²) in [6, 6.07) is 8.10. The Morgan fingerprint density at radius 1 is 1.33 bits per heavy atom. The first-order valence-electron chi connectivity index (χ1n) is 5.82. The fourth-order valence-corrected chi connectivity index (χ4v) is 2.80. The van der Waals surface area contributed by atoms with Gasteiger partial charge < -0.3 is 10.6 Å². The van der Waals surface area contributed by atoms with E-state index in [9.17, 15) is 0 Å². The van der Waals surface area contributed by atoms with E-state index < -0.39 is 0 Å². The van der Waals surface area contributed by atoms with Crippen LogP contribution in [0.5, 0.6) is 0 Å². The van der Waals surface area contributed by atoms with Gasteiger partial charge in [-0.1, -0.05) is 32.9 Å². The van der Waals surface area contributed by atoms with Crippen LogP contribution in [-0.2, 0) is 0 Å². The molecule has 100 valence electrons. The van der Waals surface area contributed by atoms with Gasteiger partial charge in [0.25, 0.3) is 0 Å². The van der Waals surface area contributed by atoms with Crippen LogP contribution < -0.4 is 10.6 Å². The Hall–Kier alpha value is -0.0100. The third-order valence-corrected chi connectivity index (χ3v) is 4.51. The van der Waals surface area contributed by atoms with Gasteiger partial charge in [-0.05, 0) is 46.9 Å². The lowest BCUT2D eigenvalue weighted by Gasteiger charge is -2.18. The van der Waals surface area contributed by atoms with Crippen molar-refractivity contribution in [3.8, 4) is 0 Å². The van der Waals surface area contributed by atoms with E-state index >= 15 is 0 Å². The molecule has 5 heteroatoms. The maximum Gasteiger partial charge on any atom is 0.170 e. The lowest BCUT2D eigenvalue weighted by atomic mass is 10.3. The average molecular weight is 394 g/mol. The summed E-state index contributed by atoms with van der Waals surface area (Å²) in [6.07, 6.45) is 0. The molecule has 0 aliphatic rings. The van der Waals surface area contributed by atoms with Crippen molar-refractivity contribution in [1.29, 1.82) is 0 Å². The lowest BCUT2D eigenvalue weighted by molar-refractivity contribution is 0.800. The molecule has 0 aliphatic carbocycles. The van der Waals surface area contributed by atoms with Gasteiger partial charge in [0.2, 0.25) is 0 Å². The van der Waals surface area contributed by atoms with Crippen LogP contribution in [0.2, 0.25) is 0 Å². The maximum atomic E-state index is 5.27. The zero-order chi connectivity index (χ0) is 13.6. The van der Waals surface area contributed by atoms with Crippen LogP contribution in [0.1, 0.15) is 20.8 Å². The highest BCUT2D eigenvalue weighted by Gasteiger charge is 2.09. The standard InChI is InChI=1S/C13H19IN2S2/c1-13(2,3)18-9-8-15-12(17)16-11-7-5-4-6-10(11)14/h4-7H,8-9H2,1-3H3,(H2,15,16,17). The molecule has 0 saturated heterocycles. The SMILES string of the molecule is CC(C)(C)SCCNC(=S)Nc1ccccc1I. The van der Waals surface area contributed by atoms with Gasteiger partial charge in [0, 0.05) is 20.6 Å². The molecule has 1 aromatic carbocycles. The molecule has 18 heavy (non-hydrogen) atoms. The third kappa shape index (κ3) is 6.80. The number of hydrogen-bond acceptors (Lipinski definition) is 2. The fraction of sp³-hybridized carbons (Fsp3) is 0.462. The van der Waals surface area contributed by atoms with Gasteiger partial charge in [0.1, 0.15) is 0 Å².